The second-order valence-corrected chi connectivity index (χ2v) is 4.93. The van der Waals surface area contributed by atoms with Gasteiger partial charge in [0.05, 0.1) is 7.11 Å². The Bertz CT molecular complexity index is 481. The highest BCUT2D eigenvalue weighted by Crippen LogP contribution is 2.17. The van der Waals surface area contributed by atoms with Crippen LogP contribution in [0.4, 0.5) is 5.69 Å². The first-order valence-corrected chi connectivity index (χ1v) is 7.00. The largest absolute Gasteiger partial charge is 0.482 e. The van der Waals surface area contributed by atoms with Crippen molar-refractivity contribution >= 4 is 17.6 Å². The van der Waals surface area contributed by atoms with E-state index in [-0.39, 0.29) is 18.6 Å². The molecule has 1 aliphatic rings. The molecular formula is C15H20N2O4. The van der Waals surface area contributed by atoms with Crippen LogP contribution in [0.1, 0.15) is 19.3 Å². The molecule has 1 saturated heterocycles. The lowest BCUT2D eigenvalue weighted by Crippen LogP contribution is -2.27. The number of amides is 1. The molecule has 2 N–H and O–H groups in total. The molecule has 6 heteroatoms. The number of rotatable bonds is 6. The minimum Gasteiger partial charge on any atom is -0.482 e. The van der Waals surface area contributed by atoms with Crippen molar-refractivity contribution < 1.29 is 19.1 Å². The first kappa shape index (κ1) is 15.3. The lowest BCUT2D eigenvalue weighted by Gasteiger charge is -2.11. The fourth-order valence-electron chi connectivity index (χ4n) is 2.20. The van der Waals surface area contributed by atoms with Crippen molar-refractivity contribution in [1.82, 2.24) is 5.32 Å². The topological polar surface area (TPSA) is 76.7 Å². The molecule has 0 radical (unpaired) electrons. The summed E-state index contributed by atoms with van der Waals surface area (Å²) in [6, 6.07) is 7.17. The molecule has 1 aliphatic heterocycles. The van der Waals surface area contributed by atoms with E-state index in [0.717, 1.165) is 19.4 Å². The number of hydrogen-bond donors (Lipinski definition) is 2. The summed E-state index contributed by atoms with van der Waals surface area (Å²) >= 11 is 0. The number of hydrogen-bond acceptors (Lipinski definition) is 5. The lowest BCUT2D eigenvalue weighted by molar-refractivity contribution is -0.142. The van der Waals surface area contributed by atoms with Crippen molar-refractivity contribution in [2.24, 2.45) is 0 Å². The molecule has 0 aliphatic carbocycles. The summed E-state index contributed by atoms with van der Waals surface area (Å²) in [7, 11) is 1.31. The van der Waals surface area contributed by atoms with E-state index in [9.17, 15) is 9.59 Å². The monoisotopic (exact) mass is 292 g/mol. The van der Waals surface area contributed by atoms with E-state index in [2.05, 4.69) is 15.4 Å². The van der Waals surface area contributed by atoms with Gasteiger partial charge in [-0.15, -0.1) is 0 Å². The smallest absolute Gasteiger partial charge is 0.343 e. The standard InChI is InChI=1S/C15H20N2O4/c1-20-15(19)10-21-13-6-4-11(5-7-13)17-14(18)9-12-3-2-8-16-12/h4-7,12,16H,2-3,8-10H2,1H3,(H,17,18). The second-order valence-electron chi connectivity index (χ2n) is 4.93. The predicted octanol–water partition coefficient (Wildman–Crippen LogP) is 1.32. The van der Waals surface area contributed by atoms with Gasteiger partial charge in [0.25, 0.3) is 0 Å². The zero-order valence-electron chi connectivity index (χ0n) is 12.1. The van der Waals surface area contributed by atoms with Gasteiger partial charge in [-0.1, -0.05) is 0 Å². The minimum absolute atomic E-state index is 0.00220. The molecule has 0 aromatic heterocycles. The third-order valence-corrected chi connectivity index (χ3v) is 3.32. The van der Waals surface area contributed by atoms with Crippen molar-refractivity contribution in [3.8, 4) is 5.75 Å². The maximum absolute atomic E-state index is 11.9. The maximum Gasteiger partial charge on any atom is 0.343 e. The summed E-state index contributed by atoms with van der Waals surface area (Å²) in [5.41, 5.74) is 0.711. The van der Waals surface area contributed by atoms with Crippen molar-refractivity contribution in [2.45, 2.75) is 25.3 Å². The first-order chi connectivity index (χ1) is 10.2. The third kappa shape index (κ3) is 5.07. The summed E-state index contributed by atoms with van der Waals surface area (Å²) < 4.78 is 9.71. The van der Waals surface area contributed by atoms with Crippen LogP contribution in [-0.2, 0) is 14.3 Å². The Morgan fingerprint density at radius 2 is 2.10 bits per heavy atom. The maximum atomic E-state index is 11.9. The Morgan fingerprint density at radius 1 is 1.33 bits per heavy atom. The number of anilines is 1. The van der Waals surface area contributed by atoms with Gasteiger partial charge < -0.3 is 20.1 Å². The number of ether oxygens (including phenoxy) is 2. The van der Waals surface area contributed by atoms with E-state index in [0.29, 0.717) is 17.9 Å². The van der Waals surface area contributed by atoms with Gasteiger partial charge in [0.15, 0.2) is 6.61 Å². The number of carbonyl (C=O) groups is 2. The van der Waals surface area contributed by atoms with Crippen LogP contribution in [0.2, 0.25) is 0 Å². The van der Waals surface area contributed by atoms with Crippen LogP contribution >= 0.6 is 0 Å². The van der Waals surface area contributed by atoms with Gasteiger partial charge in [-0.2, -0.15) is 0 Å². The summed E-state index contributed by atoms with van der Waals surface area (Å²) in [5, 5.41) is 6.14. The SMILES string of the molecule is COC(=O)COc1ccc(NC(=O)CC2CCCN2)cc1. The molecule has 6 nitrogen and oxygen atoms in total. The quantitative estimate of drug-likeness (QED) is 0.773. The van der Waals surface area contributed by atoms with Gasteiger partial charge in [0.2, 0.25) is 5.91 Å². The van der Waals surface area contributed by atoms with E-state index in [1.54, 1.807) is 24.3 Å². The zero-order valence-corrected chi connectivity index (χ0v) is 12.1. The van der Waals surface area contributed by atoms with E-state index in [4.69, 9.17) is 4.74 Å². The molecule has 1 unspecified atom stereocenters. The van der Waals surface area contributed by atoms with Gasteiger partial charge in [-0.05, 0) is 43.7 Å². The molecule has 1 amide bonds. The fourth-order valence-corrected chi connectivity index (χ4v) is 2.20. The second kappa shape index (κ2) is 7.64. The zero-order chi connectivity index (χ0) is 15.1. The Morgan fingerprint density at radius 3 is 2.71 bits per heavy atom. The minimum atomic E-state index is -0.434. The summed E-state index contributed by atoms with van der Waals surface area (Å²) in [6.45, 7) is 0.861. The van der Waals surface area contributed by atoms with Crippen LogP contribution in [0.5, 0.6) is 5.75 Å². The number of carbonyl (C=O) groups excluding carboxylic acids is 2. The van der Waals surface area contributed by atoms with Gasteiger partial charge in [-0.25, -0.2) is 4.79 Å². The van der Waals surface area contributed by atoms with Gasteiger partial charge in [0, 0.05) is 18.2 Å². The summed E-state index contributed by atoms with van der Waals surface area (Å²) in [4.78, 5) is 22.8. The van der Waals surface area contributed by atoms with E-state index in [1.165, 1.54) is 7.11 Å². The van der Waals surface area contributed by atoms with Crippen molar-refractivity contribution in [2.75, 3.05) is 25.6 Å². The first-order valence-electron chi connectivity index (χ1n) is 7.00. The summed E-state index contributed by atoms with van der Waals surface area (Å²) in [6.07, 6.45) is 2.67. The molecule has 114 valence electrons. The van der Waals surface area contributed by atoms with Gasteiger partial charge >= 0.3 is 5.97 Å². The Labute approximate surface area is 123 Å². The number of esters is 1. The van der Waals surface area contributed by atoms with Crippen LogP contribution in [0.15, 0.2) is 24.3 Å². The van der Waals surface area contributed by atoms with Crippen molar-refractivity contribution in [1.29, 1.82) is 0 Å². The molecule has 2 rings (SSSR count). The average Bonchev–Trinajstić information content (AvgIpc) is 2.99. The van der Waals surface area contributed by atoms with Crippen LogP contribution in [0, 0.1) is 0 Å². The molecule has 1 heterocycles. The van der Waals surface area contributed by atoms with Crippen LogP contribution in [0.25, 0.3) is 0 Å². The van der Waals surface area contributed by atoms with E-state index < -0.39 is 5.97 Å². The van der Waals surface area contributed by atoms with Crippen LogP contribution in [-0.4, -0.2) is 38.2 Å². The molecule has 1 aromatic rings. The van der Waals surface area contributed by atoms with Crippen molar-refractivity contribution in [3.63, 3.8) is 0 Å². The van der Waals surface area contributed by atoms with Gasteiger partial charge in [0.1, 0.15) is 5.75 Å². The van der Waals surface area contributed by atoms with Crippen LogP contribution in [0.3, 0.4) is 0 Å². The molecule has 1 atom stereocenters. The number of nitrogens with one attached hydrogen (secondary N) is 2. The van der Waals surface area contributed by atoms with Gasteiger partial charge in [-0.3, -0.25) is 4.79 Å². The molecule has 0 saturated carbocycles. The third-order valence-electron chi connectivity index (χ3n) is 3.32. The fraction of sp³-hybridized carbons (Fsp3) is 0.467. The normalized spacial score (nSPS) is 17.3. The summed E-state index contributed by atoms with van der Waals surface area (Å²) in [5.74, 6) is 0.116. The highest BCUT2D eigenvalue weighted by Gasteiger charge is 2.17. The Hall–Kier alpha value is -2.08. The molecular weight excluding hydrogens is 272 g/mol. The molecule has 1 fully saturated rings. The lowest BCUT2D eigenvalue weighted by atomic mass is 10.1. The van der Waals surface area contributed by atoms with Crippen LogP contribution < -0.4 is 15.4 Å². The predicted molar refractivity (Wildman–Crippen MR) is 78.2 cm³/mol. The molecule has 0 bridgehead atoms. The van der Waals surface area contributed by atoms with E-state index >= 15 is 0 Å². The Kier molecular flexibility index (Phi) is 5.57. The highest BCUT2D eigenvalue weighted by atomic mass is 16.6. The molecule has 0 spiro atoms. The highest BCUT2D eigenvalue weighted by molar-refractivity contribution is 5.91. The molecule has 21 heavy (non-hydrogen) atoms. The molecule has 1 aromatic carbocycles. The number of benzene rings is 1. The Balaban J connectivity index is 1.78. The number of methoxy groups -OCH3 is 1. The van der Waals surface area contributed by atoms with E-state index in [1.807, 2.05) is 0 Å². The average molecular weight is 292 g/mol. The van der Waals surface area contributed by atoms with Crippen molar-refractivity contribution in [3.05, 3.63) is 24.3 Å².